The Morgan fingerprint density at radius 3 is 2.85 bits per heavy atom. The highest BCUT2D eigenvalue weighted by Crippen LogP contribution is 2.31. The highest BCUT2D eigenvalue weighted by Gasteiger charge is 2.35. The molecule has 2 atom stereocenters. The number of hydrogen-bond donors (Lipinski definition) is 2. The highest BCUT2D eigenvalue weighted by atomic mass is 35.5. The molecular formula is C26H29ClN10O2S. The third-order valence-electron chi connectivity index (χ3n) is 6.77. The summed E-state index contributed by atoms with van der Waals surface area (Å²) in [6.07, 6.45) is 6.85. The average molecular weight is 584 g/mol. The van der Waals surface area contributed by atoms with Crippen molar-refractivity contribution in [3.63, 3.8) is 0 Å². The van der Waals surface area contributed by atoms with Crippen molar-refractivity contribution >= 4 is 33.3 Å². The summed E-state index contributed by atoms with van der Waals surface area (Å²) in [6.45, 7) is 8.07. The number of nitrogens with zero attached hydrogens (tertiary/aromatic N) is 8. The van der Waals surface area contributed by atoms with E-state index < -0.39 is 17.0 Å². The predicted octanol–water partition coefficient (Wildman–Crippen LogP) is 3.50. The molecule has 2 N–H and O–H groups in total. The first-order valence-electron chi connectivity index (χ1n) is 13.9. The Morgan fingerprint density at radius 2 is 2.15 bits per heavy atom. The topological polar surface area (TPSA) is 127 Å². The Morgan fingerprint density at radius 1 is 1.30 bits per heavy atom. The molecule has 0 unspecified atom stereocenters. The van der Waals surface area contributed by atoms with E-state index in [2.05, 4.69) is 35.6 Å². The molecule has 4 aromatic rings. The maximum atomic E-state index is 13.0. The van der Waals surface area contributed by atoms with Crippen LogP contribution in [-0.4, -0.2) is 68.4 Å². The molecule has 1 aliphatic rings. The lowest BCUT2D eigenvalue weighted by molar-refractivity contribution is 0.260. The zero-order valence-electron chi connectivity index (χ0n) is 24.8. The van der Waals surface area contributed by atoms with Crippen LogP contribution >= 0.6 is 11.6 Å². The van der Waals surface area contributed by atoms with Crippen LogP contribution in [0.15, 0.2) is 54.1 Å². The summed E-state index contributed by atoms with van der Waals surface area (Å²) < 4.78 is 52.4. The van der Waals surface area contributed by atoms with Gasteiger partial charge in [0, 0.05) is 61.0 Å². The Labute approximate surface area is 242 Å². The second-order valence-corrected chi connectivity index (χ2v) is 11.9. The van der Waals surface area contributed by atoms with E-state index >= 15 is 0 Å². The van der Waals surface area contributed by atoms with Gasteiger partial charge in [-0.25, -0.2) is 27.9 Å². The van der Waals surface area contributed by atoms with Crippen LogP contribution in [0, 0.1) is 12.5 Å². The minimum absolute atomic E-state index is 0.0274. The maximum absolute atomic E-state index is 13.0. The molecule has 0 radical (unpaired) electrons. The van der Waals surface area contributed by atoms with Gasteiger partial charge in [0.2, 0.25) is 11.6 Å². The molecule has 0 saturated carbocycles. The molecule has 5 rings (SSSR count). The molecular weight excluding hydrogens is 552 g/mol. The van der Waals surface area contributed by atoms with E-state index in [1.54, 1.807) is 48.5 Å². The van der Waals surface area contributed by atoms with Gasteiger partial charge < -0.3 is 10.6 Å². The first kappa shape index (κ1) is 24.0. The molecule has 1 aromatic carbocycles. The van der Waals surface area contributed by atoms with E-state index in [4.69, 9.17) is 22.3 Å². The first-order chi connectivity index (χ1) is 20.3. The Kier molecular flexibility index (Phi) is 6.81. The Hall–Kier alpha value is -3.83. The number of aromatic nitrogens is 6. The van der Waals surface area contributed by atoms with E-state index in [0.717, 1.165) is 0 Å². The summed E-state index contributed by atoms with van der Waals surface area (Å²) in [6, 6.07) is 6.56. The number of rotatable bonds is 8. The molecule has 0 bridgehead atoms. The van der Waals surface area contributed by atoms with Gasteiger partial charge in [0.25, 0.3) is 10.0 Å². The number of halogens is 1. The standard InChI is InChI=1S/C26H29ClN10O2S/c1-17-15-36(40(38,39)24-8-9-35(4)34-24)10-7-21(17)32-26-30-14-22(29-3)25(33-26)19-13-31-37(16-19)23-6-5-18(12-28-2)11-20(23)27/h5-6,8-9,11,13-14,16-17,21,28H,7,10,12,15H2,1-2,4H3,(H,30,32,33)/t17-,21+/m1/s1/i2D3. The fourth-order valence-corrected chi connectivity index (χ4v) is 6.43. The van der Waals surface area contributed by atoms with Gasteiger partial charge in [0.1, 0.15) is 0 Å². The smallest absolute Gasteiger partial charge is 0.262 e. The summed E-state index contributed by atoms with van der Waals surface area (Å²) in [5, 5.41) is 14.6. The first-order valence-corrected chi connectivity index (χ1v) is 14.3. The van der Waals surface area contributed by atoms with E-state index in [9.17, 15) is 8.42 Å². The normalized spacial score (nSPS) is 19.4. The monoisotopic (exact) mass is 583 g/mol. The second-order valence-electron chi connectivity index (χ2n) is 9.56. The molecule has 1 fully saturated rings. The minimum atomic E-state index is -3.69. The van der Waals surface area contributed by atoms with Crippen molar-refractivity contribution in [2.75, 3.05) is 25.4 Å². The molecule has 1 saturated heterocycles. The Bertz CT molecular complexity index is 1780. The molecule has 40 heavy (non-hydrogen) atoms. The van der Waals surface area contributed by atoms with Crippen molar-refractivity contribution in [1.29, 1.82) is 0 Å². The van der Waals surface area contributed by atoms with Crippen molar-refractivity contribution in [2.45, 2.75) is 31.0 Å². The SMILES string of the molecule is [2H]C([2H])([2H])NCc1ccc(-n2cc(-c3nc(N[C@H]4CCN(S(=O)(=O)c5ccn(C)n5)C[C@H]4C)ncc3[N+]#[C-])cn2)c(Cl)c1. The lowest BCUT2D eigenvalue weighted by atomic mass is 9.95. The van der Waals surface area contributed by atoms with Gasteiger partial charge in [0.05, 0.1) is 29.2 Å². The lowest BCUT2D eigenvalue weighted by Crippen LogP contribution is -2.47. The van der Waals surface area contributed by atoms with Crippen molar-refractivity contribution in [2.24, 2.45) is 13.0 Å². The van der Waals surface area contributed by atoms with Gasteiger partial charge in [0.15, 0.2) is 5.03 Å². The van der Waals surface area contributed by atoms with Gasteiger partial charge in [-0.15, -0.1) is 0 Å². The average Bonchev–Trinajstić information content (AvgIpc) is 3.62. The third kappa shape index (κ3) is 5.57. The zero-order valence-corrected chi connectivity index (χ0v) is 23.4. The van der Waals surface area contributed by atoms with Crippen LogP contribution < -0.4 is 10.6 Å². The molecule has 1 aliphatic heterocycles. The van der Waals surface area contributed by atoms with E-state index in [-0.39, 0.29) is 29.2 Å². The van der Waals surface area contributed by atoms with Crippen LogP contribution in [0.1, 0.15) is 23.0 Å². The van der Waals surface area contributed by atoms with Gasteiger partial charge in [-0.1, -0.05) is 24.6 Å². The quantitative estimate of drug-likeness (QED) is 0.302. The number of benzene rings is 1. The number of anilines is 1. The van der Waals surface area contributed by atoms with E-state index in [1.807, 2.05) is 6.92 Å². The van der Waals surface area contributed by atoms with Crippen molar-refractivity contribution in [3.8, 4) is 16.9 Å². The second kappa shape index (κ2) is 11.3. The van der Waals surface area contributed by atoms with Gasteiger partial charge in [-0.05, 0) is 43.1 Å². The molecule has 0 spiro atoms. The zero-order chi connectivity index (χ0) is 30.9. The van der Waals surface area contributed by atoms with E-state index in [0.29, 0.717) is 53.0 Å². The number of hydrogen-bond acceptors (Lipinski definition) is 8. The van der Waals surface area contributed by atoms with Crippen molar-refractivity contribution in [3.05, 3.63) is 71.1 Å². The molecule has 3 aromatic heterocycles. The molecule has 12 nitrogen and oxygen atoms in total. The molecule has 4 heterocycles. The maximum Gasteiger partial charge on any atom is 0.262 e. The van der Waals surface area contributed by atoms with Crippen molar-refractivity contribution in [1.82, 2.24) is 39.2 Å². The predicted molar refractivity (Wildman–Crippen MR) is 152 cm³/mol. The fraction of sp³-hybridized carbons (Fsp3) is 0.346. The molecule has 0 aliphatic carbocycles. The summed E-state index contributed by atoms with van der Waals surface area (Å²) in [7, 11) is -2.02. The van der Waals surface area contributed by atoms with Gasteiger partial charge >= 0.3 is 0 Å². The molecule has 14 heteroatoms. The van der Waals surface area contributed by atoms with Crippen LogP contribution in [0.5, 0.6) is 0 Å². The number of aryl methyl sites for hydroxylation is 1. The van der Waals surface area contributed by atoms with E-state index in [1.165, 1.54) is 21.3 Å². The van der Waals surface area contributed by atoms with Crippen LogP contribution in [0.4, 0.5) is 11.6 Å². The van der Waals surface area contributed by atoms with Crippen LogP contribution in [-0.2, 0) is 23.6 Å². The summed E-state index contributed by atoms with van der Waals surface area (Å²) >= 11 is 6.49. The molecule has 208 valence electrons. The Balaban J connectivity index is 1.31. The van der Waals surface area contributed by atoms with Crippen LogP contribution in [0.3, 0.4) is 0 Å². The van der Waals surface area contributed by atoms with Crippen LogP contribution in [0.2, 0.25) is 5.02 Å². The molecule has 0 amide bonds. The summed E-state index contributed by atoms with van der Waals surface area (Å²) in [5.74, 6) is 0.264. The summed E-state index contributed by atoms with van der Waals surface area (Å²) in [4.78, 5) is 12.5. The number of nitrogens with one attached hydrogen (secondary N) is 2. The van der Waals surface area contributed by atoms with Crippen molar-refractivity contribution < 1.29 is 12.5 Å². The fourth-order valence-electron chi connectivity index (χ4n) is 4.63. The van der Waals surface area contributed by atoms with Gasteiger partial charge in [-0.3, -0.25) is 4.68 Å². The summed E-state index contributed by atoms with van der Waals surface area (Å²) in [5.41, 5.74) is 2.48. The number of sulfonamides is 1. The largest absolute Gasteiger partial charge is 0.351 e. The minimum Gasteiger partial charge on any atom is -0.351 e. The highest BCUT2D eigenvalue weighted by molar-refractivity contribution is 7.89. The third-order valence-corrected chi connectivity index (χ3v) is 8.83. The number of piperidine rings is 1. The van der Waals surface area contributed by atoms with Gasteiger partial charge in [-0.2, -0.15) is 14.5 Å². The lowest BCUT2D eigenvalue weighted by Gasteiger charge is -2.36. The van der Waals surface area contributed by atoms with Crippen LogP contribution in [0.25, 0.3) is 21.8 Å².